The number of nitrogens with zero attached hydrogens (tertiary/aromatic N) is 1. The number of hydrogen-bond donors (Lipinski definition) is 3. The molecule has 2 fully saturated rings. The molecule has 2 aliphatic rings. The first-order valence-electron chi connectivity index (χ1n) is 9.49. The molecule has 2 aliphatic heterocycles. The highest BCUT2D eigenvalue weighted by Crippen LogP contribution is 2.28. The van der Waals surface area contributed by atoms with Crippen molar-refractivity contribution in [2.75, 3.05) is 50.0 Å². The Balaban J connectivity index is 1.80. The van der Waals surface area contributed by atoms with E-state index in [2.05, 4.69) is 16.0 Å². The zero-order valence-electron chi connectivity index (χ0n) is 15.7. The van der Waals surface area contributed by atoms with Crippen molar-refractivity contribution in [3.8, 4) is 0 Å². The molecule has 0 saturated carbocycles. The van der Waals surface area contributed by atoms with E-state index in [4.69, 9.17) is 4.74 Å². The summed E-state index contributed by atoms with van der Waals surface area (Å²) in [6, 6.07) is 5.02. The van der Waals surface area contributed by atoms with Gasteiger partial charge in [-0.3, -0.25) is 4.79 Å². The lowest BCUT2D eigenvalue weighted by molar-refractivity contribution is -0.116. The van der Waals surface area contributed by atoms with Crippen LogP contribution in [0.3, 0.4) is 0 Å². The molecule has 1 atom stereocenters. The molecule has 1 aromatic carbocycles. The summed E-state index contributed by atoms with van der Waals surface area (Å²) in [4.78, 5) is 12.6. The van der Waals surface area contributed by atoms with E-state index >= 15 is 0 Å². The molecule has 0 radical (unpaired) electrons. The number of sulfonamides is 1. The average molecular weight is 397 g/mol. The molecule has 2 saturated heterocycles. The van der Waals surface area contributed by atoms with Crippen LogP contribution in [-0.2, 0) is 19.6 Å². The van der Waals surface area contributed by atoms with Crippen molar-refractivity contribution in [1.29, 1.82) is 0 Å². The zero-order chi connectivity index (χ0) is 19.3. The Labute approximate surface area is 160 Å². The first kappa shape index (κ1) is 20.1. The second-order valence-corrected chi connectivity index (χ2v) is 8.74. The predicted octanol–water partition coefficient (Wildman–Crippen LogP) is 1.22. The second-order valence-electron chi connectivity index (χ2n) is 6.80. The Morgan fingerprint density at radius 2 is 2.07 bits per heavy atom. The SMILES string of the molecule is CCNc1ccc(S(=O)(=O)N2CCOCC2)cc1NC(=O)CC1CCCN1. The number of rotatable bonds is 7. The third-order valence-corrected chi connectivity index (χ3v) is 6.73. The molecule has 0 bridgehead atoms. The van der Waals surface area contributed by atoms with Crippen molar-refractivity contribution in [1.82, 2.24) is 9.62 Å². The minimum absolute atomic E-state index is 0.116. The van der Waals surface area contributed by atoms with Crippen LogP contribution < -0.4 is 16.0 Å². The number of hydrogen-bond acceptors (Lipinski definition) is 6. The lowest BCUT2D eigenvalue weighted by atomic mass is 10.1. The number of carbonyl (C=O) groups is 1. The van der Waals surface area contributed by atoms with E-state index in [1.165, 1.54) is 4.31 Å². The molecule has 8 nitrogen and oxygen atoms in total. The first-order valence-corrected chi connectivity index (χ1v) is 10.9. The zero-order valence-corrected chi connectivity index (χ0v) is 16.5. The van der Waals surface area contributed by atoms with Crippen LogP contribution in [0, 0.1) is 0 Å². The van der Waals surface area contributed by atoms with Gasteiger partial charge in [0.1, 0.15) is 0 Å². The van der Waals surface area contributed by atoms with Crippen LogP contribution in [0.4, 0.5) is 11.4 Å². The predicted molar refractivity (Wildman–Crippen MR) is 104 cm³/mol. The van der Waals surface area contributed by atoms with Crippen molar-refractivity contribution < 1.29 is 17.9 Å². The van der Waals surface area contributed by atoms with E-state index in [0.717, 1.165) is 19.4 Å². The third-order valence-electron chi connectivity index (χ3n) is 4.83. The van der Waals surface area contributed by atoms with Crippen molar-refractivity contribution in [3.63, 3.8) is 0 Å². The Hall–Kier alpha value is -1.68. The van der Waals surface area contributed by atoms with E-state index in [9.17, 15) is 13.2 Å². The monoisotopic (exact) mass is 396 g/mol. The van der Waals surface area contributed by atoms with Gasteiger partial charge in [-0.2, -0.15) is 4.31 Å². The summed E-state index contributed by atoms with van der Waals surface area (Å²) in [5.74, 6) is -0.116. The fraction of sp³-hybridized carbons (Fsp3) is 0.611. The van der Waals surface area contributed by atoms with Crippen molar-refractivity contribution in [2.24, 2.45) is 0 Å². The molecular weight excluding hydrogens is 368 g/mol. The largest absolute Gasteiger partial charge is 0.384 e. The number of morpholine rings is 1. The molecule has 150 valence electrons. The fourth-order valence-electron chi connectivity index (χ4n) is 3.42. The van der Waals surface area contributed by atoms with Crippen LogP contribution in [0.25, 0.3) is 0 Å². The highest BCUT2D eigenvalue weighted by molar-refractivity contribution is 7.89. The van der Waals surface area contributed by atoms with Gasteiger partial charge < -0.3 is 20.7 Å². The number of benzene rings is 1. The highest BCUT2D eigenvalue weighted by atomic mass is 32.2. The summed E-state index contributed by atoms with van der Waals surface area (Å²) < 4.78 is 32.5. The second kappa shape index (κ2) is 9.01. The maximum absolute atomic E-state index is 12.9. The fourth-order valence-corrected chi connectivity index (χ4v) is 4.86. The molecular formula is C18H28N4O4S. The van der Waals surface area contributed by atoms with Gasteiger partial charge in [0.2, 0.25) is 15.9 Å². The highest BCUT2D eigenvalue weighted by Gasteiger charge is 2.27. The Kier molecular flexibility index (Phi) is 6.69. The standard InChI is InChI=1S/C18H28N4O4S/c1-2-19-16-6-5-15(27(24,25)22-8-10-26-11-9-22)13-17(16)21-18(23)12-14-4-3-7-20-14/h5-6,13-14,19-20H,2-4,7-12H2,1H3,(H,21,23). The lowest BCUT2D eigenvalue weighted by Gasteiger charge is -2.26. The van der Waals surface area contributed by atoms with E-state index in [-0.39, 0.29) is 16.8 Å². The Bertz CT molecular complexity index is 757. The molecule has 9 heteroatoms. The van der Waals surface area contributed by atoms with E-state index in [0.29, 0.717) is 50.6 Å². The Morgan fingerprint density at radius 1 is 1.30 bits per heavy atom. The number of carbonyl (C=O) groups excluding carboxylic acids is 1. The normalized spacial score (nSPS) is 21.1. The molecule has 3 rings (SSSR count). The maximum Gasteiger partial charge on any atom is 0.243 e. The van der Waals surface area contributed by atoms with Crippen LogP contribution in [0.1, 0.15) is 26.2 Å². The smallest absolute Gasteiger partial charge is 0.243 e. The number of nitrogens with one attached hydrogen (secondary N) is 3. The van der Waals surface area contributed by atoms with Gasteiger partial charge in [0.25, 0.3) is 0 Å². The summed E-state index contributed by atoms with van der Waals surface area (Å²) in [6.07, 6.45) is 2.44. The van der Waals surface area contributed by atoms with Crippen LogP contribution in [0.2, 0.25) is 0 Å². The van der Waals surface area contributed by atoms with Crippen LogP contribution >= 0.6 is 0 Å². The molecule has 0 aliphatic carbocycles. The number of amides is 1. The first-order chi connectivity index (χ1) is 13.0. The summed E-state index contributed by atoms with van der Waals surface area (Å²) in [5, 5.41) is 9.36. The maximum atomic E-state index is 12.9. The molecule has 1 unspecified atom stereocenters. The van der Waals surface area contributed by atoms with Gasteiger partial charge in [0.15, 0.2) is 0 Å². The molecule has 1 amide bonds. The van der Waals surface area contributed by atoms with Gasteiger partial charge >= 0.3 is 0 Å². The summed E-state index contributed by atoms with van der Waals surface area (Å²) in [7, 11) is -3.61. The topological polar surface area (TPSA) is 99.8 Å². The van der Waals surface area contributed by atoms with Gasteiger partial charge in [-0.15, -0.1) is 0 Å². The summed E-state index contributed by atoms with van der Waals surface area (Å²) in [5.41, 5.74) is 1.21. The molecule has 0 aromatic heterocycles. The summed E-state index contributed by atoms with van der Waals surface area (Å²) >= 11 is 0. The minimum Gasteiger partial charge on any atom is -0.384 e. The van der Waals surface area contributed by atoms with Gasteiger partial charge in [-0.1, -0.05) is 0 Å². The average Bonchev–Trinajstić information content (AvgIpc) is 3.17. The minimum atomic E-state index is -3.61. The van der Waals surface area contributed by atoms with Gasteiger partial charge in [0.05, 0.1) is 29.5 Å². The molecule has 1 aromatic rings. The Morgan fingerprint density at radius 3 is 2.74 bits per heavy atom. The molecule has 0 spiro atoms. The molecule has 3 N–H and O–H groups in total. The van der Waals surface area contributed by atoms with E-state index in [1.54, 1.807) is 18.2 Å². The van der Waals surface area contributed by atoms with Crippen LogP contribution in [0.5, 0.6) is 0 Å². The van der Waals surface area contributed by atoms with Crippen molar-refractivity contribution in [2.45, 2.75) is 37.1 Å². The lowest BCUT2D eigenvalue weighted by Crippen LogP contribution is -2.40. The van der Waals surface area contributed by atoms with Gasteiger partial charge in [0, 0.05) is 32.1 Å². The number of ether oxygens (including phenoxy) is 1. The van der Waals surface area contributed by atoms with Crippen molar-refractivity contribution >= 4 is 27.3 Å². The van der Waals surface area contributed by atoms with Gasteiger partial charge in [-0.25, -0.2) is 8.42 Å². The summed E-state index contributed by atoms with van der Waals surface area (Å²) in [6.45, 7) is 5.03. The van der Waals surface area contributed by atoms with E-state index < -0.39 is 10.0 Å². The number of anilines is 2. The van der Waals surface area contributed by atoms with Crippen molar-refractivity contribution in [3.05, 3.63) is 18.2 Å². The van der Waals surface area contributed by atoms with Crippen LogP contribution in [-0.4, -0.2) is 64.1 Å². The molecule has 27 heavy (non-hydrogen) atoms. The quantitative estimate of drug-likeness (QED) is 0.641. The molecule has 2 heterocycles. The van der Waals surface area contributed by atoms with Crippen LogP contribution in [0.15, 0.2) is 23.1 Å². The van der Waals surface area contributed by atoms with E-state index in [1.807, 2.05) is 6.92 Å². The van der Waals surface area contributed by atoms with Gasteiger partial charge in [-0.05, 0) is 44.5 Å². The third kappa shape index (κ3) is 4.98.